The van der Waals surface area contributed by atoms with E-state index in [-0.39, 0.29) is 6.54 Å². The van der Waals surface area contributed by atoms with Gasteiger partial charge in [-0.15, -0.1) is 0 Å². The second-order valence-electron chi connectivity index (χ2n) is 1.33. The first-order valence-electron chi connectivity index (χ1n) is 2.01. The van der Waals surface area contributed by atoms with Crippen molar-refractivity contribution in [3.63, 3.8) is 0 Å². The van der Waals surface area contributed by atoms with Gasteiger partial charge in [0.2, 0.25) is 5.91 Å². The van der Waals surface area contributed by atoms with Crippen LogP contribution in [-0.4, -0.2) is 12.5 Å². The summed E-state index contributed by atoms with van der Waals surface area (Å²) in [7, 11) is 0. The highest BCUT2D eigenvalue weighted by Gasteiger charge is 2.02. The second kappa shape index (κ2) is 2.58. The van der Waals surface area contributed by atoms with Crippen LogP contribution in [0.1, 0.15) is 0 Å². The molecule has 1 unspecified atom stereocenters. The van der Waals surface area contributed by atoms with E-state index in [2.05, 4.69) is 6.92 Å². The van der Waals surface area contributed by atoms with Gasteiger partial charge in [-0.2, -0.15) is 0 Å². The zero-order valence-corrected chi connectivity index (χ0v) is 4.05. The number of nitrogens with two attached hydrogens (primary N) is 2. The lowest BCUT2D eigenvalue weighted by Crippen LogP contribution is -2.27. The lowest BCUT2D eigenvalue weighted by atomic mass is 10.2. The zero-order valence-electron chi connectivity index (χ0n) is 4.05. The summed E-state index contributed by atoms with van der Waals surface area (Å²) < 4.78 is 0. The molecule has 0 heterocycles. The van der Waals surface area contributed by atoms with E-state index in [1.54, 1.807) is 0 Å². The molecule has 0 bridgehead atoms. The molecule has 1 radical (unpaired) electrons. The van der Waals surface area contributed by atoms with E-state index < -0.39 is 11.8 Å². The SMILES string of the molecule is [CH2]C(CN)C(N)=O. The summed E-state index contributed by atoms with van der Waals surface area (Å²) in [4.78, 5) is 10.0. The Morgan fingerprint density at radius 1 is 1.86 bits per heavy atom. The monoisotopic (exact) mass is 101 g/mol. The second-order valence-corrected chi connectivity index (χ2v) is 1.33. The number of rotatable bonds is 2. The van der Waals surface area contributed by atoms with E-state index in [0.717, 1.165) is 0 Å². The minimum Gasteiger partial charge on any atom is -0.369 e. The summed E-state index contributed by atoms with van der Waals surface area (Å²) in [6, 6.07) is 0. The van der Waals surface area contributed by atoms with Gasteiger partial charge in [-0.3, -0.25) is 4.79 Å². The molecule has 0 aliphatic carbocycles. The molecule has 3 heteroatoms. The molecule has 0 aromatic carbocycles. The Labute approximate surface area is 42.7 Å². The predicted octanol–water partition coefficient (Wildman–Crippen LogP) is -1.12. The Morgan fingerprint density at radius 2 is 2.29 bits per heavy atom. The Bertz CT molecular complexity index is 72.1. The van der Waals surface area contributed by atoms with Crippen molar-refractivity contribution in [2.45, 2.75) is 0 Å². The van der Waals surface area contributed by atoms with Crippen molar-refractivity contribution in [3.05, 3.63) is 6.92 Å². The Morgan fingerprint density at radius 3 is 2.29 bits per heavy atom. The lowest BCUT2D eigenvalue weighted by Gasteiger charge is -1.97. The first-order valence-corrected chi connectivity index (χ1v) is 2.01. The molecule has 0 fully saturated rings. The Kier molecular flexibility index (Phi) is 2.37. The van der Waals surface area contributed by atoms with Gasteiger partial charge in [0.1, 0.15) is 0 Å². The molecule has 0 aliphatic rings. The Hall–Kier alpha value is -0.570. The summed E-state index contributed by atoms with van der Waals surface area (Å²) in [5, 5.41) is 0. The highest BCUT2D eigenvalue weighted by Crippen LogP contribution is 1.83. The van der Waals surface area contributed by atoms with Crippen LogP contribution in [-0.2, 0) is 4.79 Å². The number of hydrogen-bond donors (Lipinski definition) is 2. The van der Waals surface area contributed by atoms with Crippen molar-refractivity contribution in [1.29, 1.82) is 0 Å². The largest absolute Gasteiger partial charge is 0.369 e. The molecule has 0 aromatic heterocycles. The van der Waals surface area contributed by atoms with Crippen molar-refractivity contribution < 1.29 is 4.79 Å². The maximum atomic E-state index is 10.0. The van der Waals surface area contributed by atoms with Crippen LogP contribution >= 0.6 is 0 Å². The van der Waals surface area contributed by atoms with Gasteiger partial charge >= 0.3 is 0 Å². The van der Waals surface area contributed by atoms with E-state index in [1.807, 2.05) is 0 Å². The molecule has 0 aliphatic heterocycles. The number of carbonyl (C=O) groups is 1. The average molecular weight is 101 g/mol. The fourth-order valence-electron chi connectivity index (χ4n) is 0.116. The first-order chi connectivity index (χ1) is 3.18. The predicted molar refractivity (Wildman–Crippen MR) is 27.1 cm³/mol. The highest BCUT2D eigenvalue weighted by atomic mass is 16.1. The third-order valence-corrected chi connectivity index (χ3v) is 0.687. The summed E-state index contributed by atoms with van der Waals surface area (Å²) in [5.74, 6) is -0.873. The molecule has 0 saturated carbocycles. The topological polar surface area (TPSA) is 69.1 Å². The molecule has 7 heavy (non-hydrogen) atoms. The molecular weight excluding hydrogens is 92.1 g/mol. The normalized spacial score (nSPS) is 13.4. The van der Waals surface area contributed by atoms with Gasteiger partial charge in [0, 0.05) is 12.5 Å². The van der Waals surface area contributed by atoms with Gasteiger partial charge in [0.25, 0.3) is 0 Å². The minimum atomic E-state index is -0.442. The van der Waals surface area contributed by atoms with E-state index >= 15 is 0 Å². The average Bonchev–Trinajstić information content (AvgIpc) is 1.65. The maximum Gasteiger partial charge on any atom is 0.221 e. The standard InChI is InChI=1S/C4H9N2O/c1-3(2-5)4(6)7/h3H,1-2,5H2,(H2,6,7). The van der Waals surface area contributed by atoms with Gasteiger partial charge in [-0.1, -0.05) is 0 Å². The van der Waals surface area contributed by atoms with E-state index in [1.165, 1.54) is 0 Å². The van der Waals surface area contributed by atoms with Gasteiger partial charge in [-0.05, 0) is 6.92 Å². The summed E-state index contributed by atoms with van der Waals surface area (Å²) in [6.45, 7) is 3.59. The molecule has 41 valence electrons. The summed E-state index contributed by atoms with van der Waals surface area (Å²) in [5.41, 5.74) is 9.77. The summed E-state index contributed by atoms with van der Waals surface area (Å²) >= 11 is 0. The Balaban J connectivity index is 3.34. The minimum absolute atomic E-state index is 0.231. The quantitative estimate of drug-likeness (QED) is 0.462. The van der Waals surface area contributed by atoms with Crippen molar-refractivity contribution in [3.8, 4) is 0 Å². The van der Waals surface area contributed by atoms with Gasteiger partial charge in [-0.25, -0.2) is 0 Å². The fraction of sp³-hybridized carbons (Fsp3) is 0.500. The maximum absolute atomic E-state index is 10.0. The van der Waals surface area contributed by atoms with E-state index in [9.17, 15) is 4.79 Å². The van der Waals surface area contributed by atoms with Crippen LogP contribution < -0.4 is 11.5 Å². The summed E-state index contributed by atoms with van der Waals surface area (Å²) in [6.07, 6.45) is 0. The molecule has 1 atom stereocenters. The van der Waals surface area contributed by atoms with Gasteiger partial charge in [0.05, 0.1) is 0 Å². The molecule has 0 spiro atoms. The molecule has 4 N–H and O–H groups in total. The van der Waals surface area contributed by atoms with Gasteiger partial charge in [0.15, 0.2) is 0 Å². The molecule has 1 amide bonds. The number of primary amides is 1. The number of amides is 1. The van der Waals surface area contributed by atoms with Crippen molar-refractivity contribution in [1.82, 2.24) is 0 Å². The fourth-order valence-corrected chi connectivity index (χ4v) is 0.116. The van der Waals surface area contributed by atoms with Crippen LogP contribution in [0.15, 0.2) is 0 Å². The van der Waals surface area contributed by atoms with Crippen molar-refractivity contribution in [2.75, 3.05) is 6.54 Å². The molecular formula is C4H9N2O. The van der Waals surface area contributed by atoms with Crippen LogP contribution in [0.4, 0.5) is 0 Å². The molecule has 0 aromatic rings. The zero-order chi connectivity index (χ0) is 5.86. The van der Waals surface area contributed by atoms with E-state index in [4.69, 9.17) is 11.5 Å². The first kappa shape index (κ1) is 6.43. The van der Waals surface area contributed by atoms with Crippen LogP contribution in [0.3, 0.4) is 0 Å². The smallest absolute Gasteiger partial charge is 0.221 e. The van der Waals surface area contributed by atoms with E-state index in [0.29, 0.717) is 0 Å². The van der Waals surface area contributed by atoms with Crippen molar-refractivity contribution in [2.24, 2.45) is 17.4 Å². The molecule has 3 nitrogen and oxygen atoms in total. The van der Waals surface area contributed by atoms with Crippen LogP contribution in [0.2, 0.25) is 0 Å². The highest BCUT2D eigenvalue weighted by molar-refractivity contribution is 5.77. The lowest BCUT2D eigenvalue weighted by molar-refractivity contribution is -0.120. The van der Waals surface area contributed by atoms with Crippen LogP contribution in [0, 0.1) is 12.8 Å². The van der Waals surface area contributed by atoms with Gasteiger partial charge < -0.3 is 11.5 Å². The van der Waals surface area contributed by atoms with Crippen molar-refractivity contribution >= 4 is 5.91 Å². The third-order valence-electron chi connectivity index (χ3n) is 0.687. The molecule has 0 rings (SSSR count). The molecule has 0 saturated heterocycles. The number of carbonyl (C=O) groups excluding carboxylic acids is 1. The van der Waals surface area contributed by atoms with Crippen LogP contribution in [0.25, 0.3) is 0 Å². The third kappa shape index (κ3) is 2.17. The number of hydrogen-bond acceptors (Lipinski definition) is 2. The van der Waals surface area contributed by atoms with Crippen LogP contribution in [0.5, 0.6) is 0 Å².